The van der Waals surface area contributed by atoms with Gasteiger partial charge in [-0.2, -0.15) is 10.1 Å². The standard InChI is InChI=1S/C21H26N6O2/c1-26-4-3-14-8-19(29-2)18(7-15(14)11-26)24-21-22-9-16-10-23-27(20(16)25-21)17-5-13(6-17)12-28/h7-10,13,17,28H,3-6,11-12H2,1-2H3,(H,22,24,25)/t13-,17+. The highest BCUT2D eigenvalue weighted by Gasteiger charge is 2.31. The number of benzene rings is 1. The molecule has 0 radical (unpaired) electrons. The van der Waals surface area contributed by atoms with Gasteiger partial charge in [0, 0.05) is 25.9 Å². The van der Waals surface area contributed by atoms with Gasteiger partial charge in [-0.15, -0.1) is 0 Å². The number of nitrogens with one attached hydrogen (secondary N) is 1. The van der Waals surface area contributed by atoms with Gasteiger partial charge in [-0.3, -0.25) is 0 Å². The Morgan fingerprint density at radius 2 is 2.10 bits per heavy atom. The number of rotatable bonds is 5. The summed E-state index contributed by atoms with van der Waals surface area (Å²) in [5, 5.41) is 18.1. The van der Waals surface area contributed by atoms with E-state index in [1.54, 1.807) is 19.5 Å². The zero-order chi connectivity index (χ0) is 20.0. The van der Waals surface area contributed by atoms with Crippen LogP contribution < -0.4 is 10.1 Å². The molecule has 0 saturated heterocycles. The van der Waals surface area contributed by atoms with Crippen LogP contribution in [0.5, 0.6) is 5.75 Å². The molecule has 0 atom stereocenters. The Morgan fingerprint density at radius 3 is 2.90 bits per heavy atom. The number of fused-ring (bicyclic) bond motifs is 2. The molecule has 2 N–H and O–H groups in total. The van der Waals surface area contributed by atoms with Crippen LogP contribution in [0.1, 0.15) is 30.0 Å². The number of anilines is 2. The van der Waals surface area contributed by atoms with Gasteiger partial charge in [-0.05, 0) is 55.5 Å². The SMILES string of the molecule is COc1cc2c(cc1Nc1ncc3cnn([C@H]4C[C@@H](CO)C4)c3n1)CN(C)CC2. The summed E-state index contributed by atoms with van der Waals surface area (Å²) < 4.78 is 7.59. The molecule has 2 aromatic heterocycles. The van der Waals surface area contributed by atoms with Crippen LogP contribution in [0.25, 0.3) is 11.0 Å². The topological polar surface area (TPSA) is 88.3 Å². The average molecular weight is 394 g/mol. The highest BCUT2D eigenvalue weighted by Crippen LogP contribution is 2.38. The minimum absolute atomic E-state index is 0.241. The number of aliphatic hydroxyl groups excluding tert-OH is 1. The molecular formula is C21H26N6O2. The second kappa shape index (κ2) is 7.27. The van der Waals surface area contributed by atoms with Crippen molar-refractivity contribution in [2.24, 2.45) is 5.92 Å². The summed E-state index contributed by atoms with van der Waals surface area (Å²) in [4.78, 5) is 11.5. The van der Waals surface area contributed by atoms with Crippen molar-refractivity contribution in [3.8, 4) is 5.75 Å². The molecule has 0 spiro atoms. The van der Waals surface area contributed by atoms with Gasteiger partial charge in [0.2, 0.25) is 5.95 Å². The van der Waals surface area contributed by atoms with E-state index in [1.807, 2.05) is 4.68 Å². The Morgan fingerprint density at radius 1 is 1.24 bits per heavy atom. The fourth-order valence-electron chi connectivity index (χ4n) is 4.33. The monoisotopic (exact) mass is 394 g/mol. The molecule has 2 aliphatic rings. The largest absolute Gasteiger partial charge is 0.495 e. The number of hydrogen-bond acceptors (Lipinski definition) is 7. The van der Waals surface area contributed by atoms with Gasteiger partial charge in [-0.1, -0.05) is 0 Å². The van der Waals surface area contributed by atoms with Crippen LogP contribution in [0.2, 0.25) is 0 Å². The second-order valence-electron chi connectivity index (χ2n) is 8.17. The van der Waals surface area contributed by atoms with Gasteiger partial charge >= 0.3 is 0 Å². The maximum Gasteiger partial charge on any atom is 0.229 e. The molecule has 8 nitrogen and oxygen atoms in total. The zero-order valence-electron chi connectivity index (χ0n) is 16.8. The highest BCUT2D eigenvalue weighted by atomic mass is 16.5. The Balaban J connectivity index is 1.45. The number of nitrogens with zero attached hydrogens (tertiary/aromatic N) is 5. The number of likely N-dealkylation sites (N-methyl/N-ethyl adjacent to an activating group) is 1. The first kappa shape index (κ1) is 18.3. The lowest BCUT2D eigenvalue weighted by Crippen LogP contribution is -2.29. The molecule has 152 valence electrons. The normalized spacial score (nSPS) is 21.6. The predicted octanol–water partition coefficient (Wildman–Crippen LogP) is 2.51. The Bertz CT molecular complexity index is 1040. The molecule has 1 aliphatic heterocycles. The van der Waals surface area contributed by atoms with Gasteiger partial charge in [-0.25, -0.2) is 9.67 Å². The van der Waals surface area contributed by atoms with Crippen molar-refractivity contribution in [1.29, 1.82) is 0 Å². The molecule has 29 heavy (non-hydrogen) atoms. The summed E-state index contributed by atoms with van der Waals surface area (Å²) in [5.41, 5.74) is 4.33. The molecule has 3 aromatic rings. The van der Waals surface area contributed by atoms with E-state index in [0.717, 1.165) is 54.8 Å². The van der Waals surface area contributed by atoms with Crippen molar-refractivity contribution >= 4 is 22.7 Å². The van der Waals surface area contributed by atoms with E-state index in [2.05, 4.69) is 39.5 Å². The molecule has 3 heterocycles. The van der Waals surface area contributed by atoms with Crippen LogP contribution in [0.4, 0.5) is 11.6 Å². The first-order valence-electron chi connectivity index (χ1n) is 10.1. The van der Waals surface area contributed by atoms with Gasteiger partial charge < -0.3 is 20.1 Å². The van der Waals surface area contributed by atoms with Crippen LogP contribution in [0.3, 0.4) is 0 Å². The third-order valence-electron chi connectivity index (χ3n) is 6.12. The molecule has 0 amide bonds. The van der Waals surface area contributed by atoms with Crippen LogP contribution in [-0.4, -0.2) is 57.1 Å². The lowest BCUT2D eigenvalue weighted by molar-refractivity contribution is 0.107. The van der Waals surface area contributed by atoms with Crippen molar-refractivity contribution in [3.63, 3.8) is 0 Å². The van der Waals surface area contributed by atoms with Crippen LogP contribution in [0, 0.1) is 5.92 Å². The third-order valence-corrected chi connectivity index (χ3v) is 6.12. The molecule has 1 fully saturated rings. The Labute approximate surface area is 169 Å². The first-order chi connectivity index (χ1) is 14.1. The first-order valence-corrected chi connectivity index (χ1v) is 10.1. The van der Waals surface area contributed by atoms with Gasteiger partial charge in [0.25, 0.3) is 0 Å². The fourth-order valence-corrected chi connectivity index (χ4v) is 4.33. The molecule has 0 bridgehead atoms. The fraction of sp³-hybridized carbons (Fsp3) is 0.476. The summed E-state index contributed by atoms with van der Waals surface area (Å²) in [6, 6.07) is 4.56. The lowest BCUT2D eigenvalue weighted by Gasteiger charge is -2.34. The quantitative estimate of drug-likeness (QED) is 0.687. The molecule has 5 rings (SSSR count). The Kier molecular flexibility index (Phi) is 4.60. The average Bonchev–Trinajstić information content (AvgIpc) is 3.10. The van der Waals surface area contributed by atoms with Gasteiger partial charge in [0.15, 0.2) is 5.65 Å². The van der Waals surface area contributed by atoms with Crippen molar-refractivity contribution in [2.75, 3.05) is 32.6 Å². The van der Waals surface area contributed by atoms with Crippen LogP contribution >= 0.6 is 0 Å². The van der Waals surface area contributed by atoms with Crippen molar-refractivity contribution in [3.05, 3.63) is 35.7 Å². The molecule has 0 unspecified atom stereocenters. The van der Waals surface area contributed by atoms with Gasteiger partial charge in [0.05, 0.1) is 30.4 Å². The van der Waals surface area contributed by atoms with E-state index in [-0.39, 0.29) is 6.61 Å². The summed E-state index contributed by atoms with van der Waals surface area (Å²) in [7, 11) is 3.83. The maximum absolute atomic E-state index is 9.29. The van der Waals surface area contributed by atoms with E-state index in [1.165, 1.54) is 11.1 Å². The molecule has 8 heteroatoms. The smallest absolute Gasteiger partial charge is 0.229 e. The van der Waals surface area contributed by atoms with Crippen molar-refractivity contribution in [2.45, 2.75) is 31.8 Å². The highest BCUT2D eigenvalue weighted by molar-refractivity contribution is 5.76. The van der Waals surface area contributed by atoms with Crippen LogP contribution in [0.15, 0.2) is 24.5 Å². The van der Waals surface area contributed by atoms with E-state index >= 15 is 0 Å². The number of aromatic nitrogens is 4. The number of hydrogen-bond donors (Lipinski definition) is 2. The minimum Gasteiger partial charge on any atom is -0.495 e. The predicted molar refractivity (Wildman–Crippen MR) is 110 cm³/mol. The summed E-state index contributed by atoms with van der Waals surface area (Å²) in [5.74, 6) is 1.70. The molecule has 1 saturated carbocycles. The van der Waals surface area contributed by atoms with Crippen molar-refractivity contribution in [1.82, 2.24) is 24.6 Å². The van der Waals surface area contributed by atoms with E-state index < -0.39 is 0 Å². The molecule has 1 aromatic carbocycles. The summed E-state index contributed by atoms with van der Waals surface area (Å²) >= 11 is 0. The third kappa shape index (κ3) is 3.32. The number of methoxy groups -OCH3 is 1. The van der Waals surface area contributed by atoms with E-state index in [0.29, 0.717) is 17.9 Å². The Hall–Kier alpha value is -2.71. The zero-order valence-corrected chi connectivity index (χ0v) is 16.8. The summed E-state index contributed by atoms with van der Waals surface area (Å²) in [6.45, 7) is 2.23. The maximum atomic E-state index is 9.29. The van der Waals surface area contributed by atoms with Gasteiger partial charge in [0.1, 0.15) is 5.75 Å². The molecule has 1 aliphatic carbocycles. The number of ether oxygens (including phenoxy) is 1. The van der Waals surface area contributed by atoms with E-state index in [4.69, 9.17) is 9.72 Å². The minimum atomic E-state index is 0.241. The number of aliphatic hydroxyl groups is 1. The summed E-state index contributed by atoms with van der Waals surface area (Å²) in [6.07, 6.45) is 6.51. The van der Waals surface area contributed by atoms with Crippen molar-refractivity contribution < 1.29 is 9.84 Å². The lowest BCUT2D eigenvalue weighted by atomic mass is 9.81. The van der Waals surface area contributed by atoms with E-state index in [9.17, 15) is 5.11 Å². The van der Waals surface area contributed by atoms with Crippen LogP contribution in [-0.2, 0) is 13.0 Å². The second-order valence-corrected chi connectivity index (χ2v) is 8.17. The molecular weight excluding hydrogens is 368 g/mol.